The van der Waals surface area contributed by atoms with Crippen LogP contribution in [0, 0.1) is 6.92 Å². The van der Waals surface area contributed by atoms with E-state index in [4.69, 9.17) is 5.73 Å². The van der Waals surface area contributed by atoms with Gasteiger partial charge in [-0.2, -0.15) is 0 Å². The van der Waals surface area contributed by atoms with Gasteiger partial charge in [0, 0.05) is 12.7 Å². The van der Waals surface area contributed by atoms with Gasteiger partial charge < -0.3 is 16.4 Å². The lowest BCUT2D eigenvalue weighted by Gasteiger charge is -2.15. The first kappa shape index (κ1) is 12.3. The highest BCUT2D eigenvalue weighted by Gasteiger charge is 2.13. The van der Waals surface area contributed by atoms with E-state index in [1.807, 2.05) is 19.9 Å². The quantitative estimate of drug-likeness (QED) is 0.707. The number of aryl methyl sites for hydroxylation is 1. The minimum absolute atomic E-state index is 0.0646. The molecule has 5 heteroatoms. The summed E-state index contributed by atoms with van der Waals surface area (Å²) in [4.78, 5) is 15.6. The molecule has 1 aromatic rings. The summed E-state index contributed by atoms with van der Waals surface area (Å²) in [5.41, 5.74) is 7.38. The number of carbonyl (C=O) groups excluding carboxylic acids is 1. The van der Waals surface area contributed by atoms with Gasteiger partial charge >= 0.3 is 0 Å². The van der Waals surface area contributed by atoms with Crippen molar-refractivity contribution >= 4 is 17.4 Å². The number of anilines is 2. The van der Waals surface area contributed by atoms with Crippen molar-refractivity contribution in [3.05, 3.63) is 17.8 Å². The third-order valence-electron chi connectivity index (χ3n) is 2.31. The number of nitrogens with one attached hydrogen (secondary N) is 2. The third-order valence-corrected chi connectivity index (χ3v) is 2.31. The molecule has 1 heterocycles. The molecular weight excluding hydrogens is 204 g/mol. The largest absolute Gasteiger partial charge is 0.396 e. The molecule has 16 heavy (non-hydrogen) atoms. The number of nitrogens with two attached hydrogens (primary N) is 1. The maximum absolute atomic E-state index is 11.5. The van der Waals surface area contributed by atoms with Crippen LogP contribution in [0.15, 0.2) is 12.3 Å². The maximum atomic E-state index is 11.5. The predicted molar refractivity (Wildman–Crippen MR) is 65.2 cm³/mol. The number of likely N-dealkylation sites (N-methyl/N-ethyl adjacent to an activating group) is 1. The number of pyridine rings is 1. The van der Waals surface area contributed by atoms with Crippen LogP contribution in [-0.2, 0) is 4.79 Å². The van der Waals surface area contributed by atoms with Crippen LogP contribution in [0.3, 0.4) is 0 Å². The van der Waals surface area contributed by atoms with Gasteiger partial charge in [0.15, 0.2) is 0 Å². The molecule has 5 nitrogen and oxygen atoms in total. The molecule has 1 atom stereocenters. The molecule has 88 valence electrons. The lowest BCUT2D eigenvalue weighted by atomic mass is 10.2. The second-order valence-corrected chi connectivity index (χ2v) is 3.65. The minimum atomic E-state index is -0.350. The van der Waals surface area contributed by atoms with Crippen molar-refractivity contribution in [2.24, 2.45) is 0 Å². The summed E-state index contributed by atoms with van der Waals surface area (Å²) in [5, 5.41) is 5.72. The summed E-state index contributed by atoms with van der Waals surface area (Å²) in [6, 6.07) is 1.48. The Morgan fingerprint density at radius 3 is 2.94 bits per heavy atom. The lowest BCUT2D eigenvalue weighted by Crippen LogP contribution is -2.37. The fourth-order valence-corrected chi connectivity index (χ4v) is 1.28. The van der Waals surface area contributed by atoms with E-state index in [0.717, 1.165) is 5.56 Å². The summed E-state index contributed by atoms with van der Waals surface area (Å²) >= 11 is 0. The SMILES string of the molecule is CCNC(=O)C(C)Nc1nccc(C)c1N. The van der Waals surface area contributed by atoms with E-state index in [1.165, 1.54) is 0 Å². The van der Waals surface area contributed by atoms with Crippen LogP contribution in [0.4, 0.5) is 11.5 Å². The molecule has 0 fully saturated rings. The van der Waals surface area contributed by atoms with Gasteiger partial charge in [-0.05, 0) is 32.4 Å². The number of nitrogen functional groups attached to an aromatic ring is 1. The van der Waals surface area contributed by atoms with Gasteiger partial charge in [-0.25, -0.2) is 4.98 Å². The van der Waals surface area contributed by atoms with Crippen molar-refractivity contribution in [3.8, 4) is 0 Å². The molecule has 0 spiro atoms. The average molecular weight is 222 g/mol. The number of rotatable bonds is 4. The van der Waals surface area contributed by atoms with Crippen LogP contribution in [0.25, 0.3) is 0 Å². The van der Waals surface area contributed by atoms with E-state index in [1.54, 1.807) is 13.1 Å². The Bertz CT molecular complexity index is 378. The molecule has 0 aliphatic rings. The first-order chi connectivity index (χ1) is 7.56. The molecule has 1 amide bonds. The van der Waals surface area contributed by atoms with Gasteiger partial charge in [0.1, 0.15) is 11.9 Å². The molecule has 0 aromatic carbocycles. The second kappa shape index (κ2) is 5.34. The highest BCUT2D eigenvalue weighted by Crippen LogP contribution is 2.19. The van der Waals surface area contributed by atoms with Crippen molar-refractivity contribution in [1.29, 1.82) is 0 Å². The van der Waals surface area contributed by atoms with Gasteiger partial charge in [-0.15, -0.1) is 0 Å². The second-order valence-electron chi connectivity index (χ2n) is 3.65. The fourth-order valence-electron chi connectivity index (χ4n) is 1.28. The number of hydrogen-bond acceptors (Lipinski definition) is 4. The summed E-state index contributed by atoms with van der Waals surface area (Å²) < 4.78 is 0. The van der Waals surface area contributed by atoms with Crippen molar-refractivity contribution < 1.29 is 4.79 Å². The Labute approximate surface area is 95.4 Å². The number of aromatic nitrogens is 1. The highest BCUT2D eigenvalue weighted by molar-refractivity contribution is 5.85. The molecule has 0 aliphatic carbocycles. The van der Waals surface area contributed by atoms with Crippen molar-refractivity contribution in [3.63, 3.8) is 0 Å². The molecule has 1 rings (SSSR count). The molecule has 0 radical (unpaired) electrons. The molecular formula is C11H18N4O. The zero-order valence-corrected chi connectivity index (χ0v) is 9.87. The predicted octanol–water partition coefficient (Wildman–Crippen LogP) is 0.909. The van der Waals surface area contributed by atoms with E-state index in [-0.39, 0.29) is 11.9 Å². The van der Waals surface area contributed by atoms with Crippen molar-refractivity contribution in [2.75, 3.05) is 17.6 Å². The van der Waals surface area contributed by atoms with Crippen LogP contribution < -0.4 is 16.4 Å². The Kier molecular flexibility index (Phi) is 4.10. The van der Waals surface area contributed by atoms with E-state index in [2.05, 4.69) is 15.6 Å². The first-order valence-corrected chi connectivity index (χ1v) is 5.31. The molecule has 1 unspecified atom stereocenters. The minimum Gasteiger partial charge on any atom is -0.396 e. The normalized spacial score (nSPS) is 11.9. The van der Waals surface area contributed by atoms with Crippen LogP contribution >= 0.6 is 0 Å². The summed E-state index contributed by atoms with van der Waals surface area (Å²) in [5.74, 6) is 0.490. The van der Waals surface area contributed by atoms with Gasteiger partial charge in [0.05, 0.1) is 5.69 Å². The fraction of sp³-hybridized carbons (Fsp3) is 0.455. The van der Waals surface area contributed by atoms with Gasteiger partial charge in [0.25, 0.3) is 0 Å². The molecule has 4 N–H and O–H groups in total. The van der Waals surface area contributed by atoms with Crippen LogP contribution in [0.1, 0.15) is 19.4 Å². The number of amides is 1. The van der Waals surface area contributed by atoms with Crippen LogP contribution in [0.2, 0.25) is 0 Å². The molecule has 1 aromatic heterocycles. The monoisotopic (exact) mass is 222 g/mol. The summed E-state index contributed by atoms with van der Waals surface area (Å²) in [7, 11) is 0. The Morgan fingerprint density at radius 2 is 2.31 bits per heavy atom. The van der Waals surface area contributed by atoms with Crippen LogP contribution in [-0.4, -0.2) is 23.5 Å². The third kappa shape index (κ3) is 2.85. The summed E-state index contributed by atoms with van der Waals surface area (Å²) in [6.07, 6.45) is 1.67. The van der Waals surface area contributed by atoms with Gasteiger partial charge in [0.2, 0.25) is 5.91 Å². The standard InChI is InChI=1S/C11H18N4O/c1-4-13-11(16)8(3)15-10-9(12)7(2)5-6-14-10/h5-6,8H,4,12H2,1-3H3,(H,13,16)(H,14,15). The number of nitrogens with zero attached hydrogens (tertiary/aromatic N) is 1. The van der Waals surface area contributed by atoms with E-state index in [9.17, 15) is 4.79 Å². The van der Waals surface area contributed by atoms with E-state index < -0.39 is 0 Å². The molecule has 0 bridgehead atoms. The maximum Gasteiger partial charge on any atom is 0.242 e. The van der Waals surface area contributed by atoms with Crippen LogP contribution in [0.5, 0.6) is 0 Å². The number of hydrogen-bond donors (Lipinski definition) is 3. The van der Waals surface area contributed by atoms with Crippen molar-refractivity contribution in [1.82, 2.24) is 10.3 Å². The van der Waals surface area contributed by atoms with E-state index >= 15 is 0 Å². The topological polar surface area (TPSA) is 80.0 Å². The average Bonchev–Trinajstić information content (AvgIpc) is 2.25. The zero-order valence-electron chi connectivity index (χ0n) is 9.87. The smallest absolute Gasteiger partial charge is 0.242 e. The first-order valence-electron chi connectivity index (χ1n) is 5.31. The zero-order chi connectivity index (χ0) is 12.1. The van der Waals surface area contributed by atoms with Gasteiger partial charge in [-0.1, -0.05) is 0 Å². The van der Waals surface area contributed by atoms with Gasteiger partial charge in [-0.3, -0.25) is 4.79 Å². The summed E-state index contributed by atoms with van der Waals surface area (Å²) in [6.45, 7) is 6.17. The highest BCUT2D eigenvalue weighted by atomic mass is 16.2. The van der Waals surface area contributed by atoms with E-state index in [0.29, 0.717) is 18.1 Å². The number of carbonyl (C=O) groups is 1. The Morgan fingerprint density at radius 1 is 1.62 bits per heavy atom. The Balaban J connectivity index is 2.73. The lowest BCUT2D eigenvalue weighted by molar-refractivity contribution is -0.121. The van der Waals surface area contributed by atoms with Crippen molar-refractivity contribution in [2.45, 2.75) is 26.8 Å². The molecule has 0 saturated carbocycles. The Hall–Kier alpha value is -1.78. The molecule has 0 aliphatic heterocycles. The molecule has 0 saturated heterocycles.